The van der Waals surface area contributed by atoms with Crippen LogP contribution in [0.25, 0.3) is 0 Å². The lowest BCUT2D eigenvalue weighted by Crippen LogP contribution is -2.37. The maximum absolute atomic E-state index is 13.3. The van der Waals surface area contributed by atoms with Gasteiger partial charge < -0.3 is 14.8 Å². The average Bonchev–Trinajstić information content (AvgIpc) is 2.98. The summed E-state index contributed by atoms with van der Waals surface area (Å²) in [5.41, 5.74) is 2.24. The number of para-hydroxylation sites is 2. The first-order chi connectivity index (χ1) is 16.8. The van der Waals surface area contributed by atoms with Gasteiger partial charge in [-0.25, -0.2) is 4.99 Å². The molecule has 1 heterocycles. The number of aliphatic imine (C=N–C) groups is 2. The van der Waals surface area contributed by atoms with E-state index in [0.717, 1.165) is 5.56 Å². The first-order valence-electron chi connectivity index (χ1n) is 10.5. The van der Waals surface area contributed by atoms with Crippen molar-refractivity contribution in [3.63, 3.8) is 0 Å². The number of nitrogens with one attached hydrogen (secondary N) is 1. The molecule has 178 valence electrons. The van der Waals surface area contributed by atoms with E-state index in [4.69, 9.17) is 31.1 Å². The predicted molar refractivity (Wildman–Crippen MR) is 134 cm³/mol. The third-order valence-corrected chi connectivity index (χ3v) is 5.91. The molecule has 0 saturated carbocycles. The number of amides is 1. The van der Waals surface area contributed by atoms with E-state index in [0.29, 0.717) is 28.6 Å². The van der Waals surface area contributed by atoms with Gasteiger partial charge in [-0.2, -0.15) is 0 Å². The third-order valence-electron chi connectivity index (χ3n) is 5.51. The largest absolute Gasteiger partial charge is 0.493 e. The molecule has 0 aromatic heterocycles. The number of benzene rings is 3. The number of halogens is 1. The molecule has 3 aromatic rings. The summed E-state index contributed by atoms with van der Waals surface area (Å²) < 4.78 is 10.8. The summed E-state index contributed by atoms with van der Waals surface area (Å²) in [6, 6.07) is 16.7. The van der Waals surface area contributed by atoms with Crippen molar-refractivity contribution in [3.8, 4) is 11.5 Å². The lowest BCUT2D eigenvalue weighted by atomic mass is 9.92. The summed E-state index contributed by atoms with van der Waals surface area (Å²) in [4.78, 5) is 33.4. The van der Waals surface area contributed by atoms with Crippen molar-refractivity contribution in [3.05, 3.63) is 86.9 Å². The van der Waals surface area contributed by atoms with Gasteiger partial charge in [0, 0.05) is 11.8 Å². The number of carbonyl (C=O) groups is 1. The molecule has 0 saturated heterocycles. The Balaban J connectivity index is 1.83. The number of amidine groups is 1. The Morgan fingerprint density at radius 3 is 2.34 bits per heavy atom. The van der Waals surface area contributed by atoms with Gasteiger partial charge in [-0.15, -0.1) is 0 Å². The van der Waals surface area contributed by atoms with E-state index < -0.39 is 16.7 Å². The van der Waals surface area contributed by atoms with Crippen LogP contribution in [0, 0.1) is 10.1 Å². The molecule has 0 bridgehead atoms. The smallest absolute Gasteiger partial charge is 0.288 e. The van der Waals surface area contributed by atoms with Crippen molar-refractivity contribution in [1.29, 1.82) is 0 Å². The lowest BCUT2D eigenvalue weighted by Gasteiger charge is -2.21. The van der Waals surface area contributed by atoms with Crippen LogP contribution >= 0.6 is 11.6 Å². The fourth-order valence-corrected chi connectivity index (χ4v) is 4.13. The quantitative estimate of drug-likeness (QED) is 0.367. The summed E-state index contributed by atoms with van der Waals surface area (Å²) in [5.74, 6) is 0.162. The van der Waals surface area contributed by atoms with Crippen LogP contribution in [-0.4, -0.2) is 36.6 Å². The van der Waals surface area contributed by atoms with E-state index in [2.05, 4.69) is 5.32 Å². The van der Waals surface area contributed by atoms with Crippen LogP contribution in [0.5, 0.6) is 11.5 Å². The van der Waals surface area contributed by atoms with Crippen LogP contribution < -0.4 is 14.8 Å². The second kappa shape index (κ2) is 9.94. The second-order valence-corrected chi connectivity index (χ2v) is 8.01. The molecule has 0 unspecified atom stereocenters. The van der Waals surface area contributed by atoms with Gasteiger partial charge in [-0.05, 0) is 42.8 Å². The summed E-state index contributed by atoms with van der Waals surface area (Å²) in [5, 5.41) is 13.9. The molecule has 1 atom stereocenters. The van der Waals surface area contributed by atoms with Crippen molar-refractivity contribution in [1.82, 2.24) is 5.32 Å². The third kappa shape index (κ3) is 4.71. The first kappa shape index (κ1) is 23.9. The Morgan fingerprint density at radius 1 is 1.00 bits per heavy atom. The number of hydrogen-bond acceptors (Lipinski definition) is 7. The van der Waals surface area contributed by atoms with Gasteiger partial charge in [-0.3, -0.25) is 19.9 Å². The monoisotopic (exact) mass is 492 g/mol. The maximum atomic E-state index is 13.3. The molecule has 0 spiro atoms. The summed E-state index contributed by atoms with van der Waals surface area (Å²) in [6.07, 6.45) is 0. The van der Waals surface area contributed by atoms with Gasteiger partial charge in [0.1, 0.15) is 10.9 Å². The fraction of sp³-hybridized carbons (Fsp3) is 0.160. The zero-order valence-corrected chi connectivity index (χ0v) is 19.9. The summed E-state index contributed by atoms with van der Waals surface area (Å²) in [7, 11) is 3.08. The normalized spacial score (nSPS) is 14.7. The van der Waals surface area contributed by atoms with Gasteiger partial charge in [0.25, 0.3) is 11.6 Å². The summed E-state index contributed by atoms with van der Waals surface area (Å²) in [6.45, 7) is 1.84. The molecule has 1 N–H and O–H groups in total. The van der Waals surface area contributed by atoms with Crippen molar-refractivity contribution < 1.29 is 19.2 Å². The Labute approximate surface area is 206 Å². The van der Waals surface area contributed by atoms with E-state index in [-0.39, 0.29) is 22.1 Å². The highest BCUT2D eigenvalue weighted by molar-refractivity contribution is 6.36. The van der Waals surface area contributed by atoms with Crippen LogP contribution in [0.15, 0.2) is 70.6 Å². The van der Waals surface area contributed by atoms with Gasteiger partial charge >= 0.3 is 0 Å². The van der Waals surface area contributed by atoms with Crippen molar-refractivity contribution in [2.24, 2.45) is 9.98 Å². The lowest BCUT2D eigenvalue weighted by molar-refractivity contribution is -0.384. The highest BCUT2D eigenvalue weighted by atomic mass is 35.5. The number of carbonyl (C=O) groups excluding carboxylic acids is 1. The molecule has 0 radical (unpaired) electrons. The Bertz CT molecular complexity index is 1390. The molecule has 0 aliphatic carbocycles. The second-order valence-electron chi connectivity index (χ2n) is 7.64. The molecule has 1 aliphatic heterocycles. The zero-order chi connectivity index (χ0) is 25.1. The Kier molecular flexibility index (Phi) is 6.79. The molecule has 3 aromatic carbocycles. The van der Waals surface area contributed by atoms with Crippen molar-refractivity contribution >= 4 is 46.1 Å². The molecular formula is C25H21ClN4O5. The van der Waals surface area contributed by atoms with E-state index in [1.54, 1.807) is 25.3 Å². The number of nitro groups is 1. The molecule has 10 heteroatoms. The van der Waals surface area contributed by atoms with E-state index in [1.165, 1.54) is 25.3 Å². The van der Waals surface area contributed by atoms with Gasteiger partial charge in [0.2, 0.25) is 0 Å². The number of hydrogen-bond donors (Lipinski definition) is 1. The zero-order valence-electron chi connectivity index (χ0n) is 19.1. The van der Waals surface area contributed by atoms with E-state index in [9.17, 15) is 14.9 Å². The number of fused-ring (bicyclic) bond motifs is 1. The van der Waals surface area contributed by atoms with Crippen molar-refractivity contribution in [2.75, 3.05) is 14.2 Å². The Morgan fingerprint density at radius 2 is 1.69 bits per heavy atom. The maximum Gasteiger partial charge on any atom is 0.288 e. The van der Waals surface area contributed by atoms with E-state index >= 15 is 0 Å². The highest BCUT2D eigenvalue weighted by Crippen LogP contribution is 2.37. The first-order valence-corrected chi connectivity index (χ1v) is 10.9. The number of ether oxygens (including phenoxy) is 2. The highest BCUT2D eigenvalue weighted by Gasteiger charge is 2.29. The minimum Gasteiger partial charge on any atom is -0.493 e. The number of nitro benzene ring substituents is 1. The molecule has 9 nitrogen and oxygen atoms in total. The van der Waals surface area contributed by atoms with Crippen LogP contribution in [0.2, 0.25) is 5.02 Å². The average molecular weight is 493 g/mol. The number of methoxy groups -OCH3 is 2. The molecular weight excluding hydrogens is 472 g/mol. The van der Waals surface area contributed by atoms with Crippen LogP contribution in [0.1, 0.15) is 28.8 Å². The minimum atomic E-state index is -0.637. The SMILES string of the molecule is COc1ccc([C@@H]2C(C)=Nc3ccccc3N=C2NC(=O)c2cccc([N+](=O)[O-])c2Cl)cc1OC. The molecule has 1 amide bonds. The molecule has 0 fully saturated rings. The Hall–Kier alpha value is -4.24. The predicted octanol–water partition coefficient (Wildman–Crippen LogP) is 5.62. The number of nitrogens with zero attached hydrogens (tertiary/aromatic N) is 3. The summed E-state index contributed by atoms with van der Waals surface area (Å²) >= 11 is 6.19. The number of rotatable bonds is 5. The van der Waals surface area contributed by atoms with Gasteiger partial charge in [-0.1, -0.05) is 35.9 Å². The van der Waals surface area contributed by atoms with Crippen LogP contribution in [0.3, 0.4) is 0 Å². The van der Waals surface area contributed by atoms with E-state index in [1.807, 2.05) is 31.2 Å². The van der Waals surface area contributed by atoms with Gasteiger partial charge in [0.15, 0.2) is 11.5 Å². The van der Waals surface area contributed by atoms with Crippen LogP contribution in [0.4, 0.5) is 17.1 Å². The fourth-order valence-electron chi connectivity index (χ4n) is 3.85. The minimum absolute atomic E-state index is 0.0400. The van der Waals surface area contributed by atoms with Crippen LogP contribution in [-0.2, 0) is 0 Å². The molecule has 1 aliphatic rings. The standard InChI is InChI=1S/C25H21ClN4O5/c1-14-22(15-11-12-20(34-2)21(13-15)35-3)24(28-18-9-5-4-8-17(18)27-14)29-25(31)16-7-6-10-19(23(16)26)30(32)33/h4-13,22H,1-3H3,(H,28,29,31)/t22-/m0/s1. The molecule has 4 rings (SSSR count). The van der Waals surface area contributed by atoms with Gasteiger partial charge in [0.05, 0.1) is 42.0 Å². The van der Waals surface area contributed by atoms with Crippen molar-refractivity contribution in [2.45, 2.75) is 12.8 Å². The topological polar surface area (TPSA) is 115 Å². The molecule has 35 heavy (non-hydrogen) atoms.